The summed E-state index contributed by atoms with van der Waals surface area (Å²) in [5.41, 5.74) is -0.0289. The number of carbonyl (C=O) groups is 2. The van der Waals surface area contributed by atoms with Gasteiger partial charge < -0.3 is 9.47 Å². The molecule has 4 heteroatoms. The third-order valence-electron chi connectivity index (χ3n) is 5.35. The van der Waals surface area contributed by atoms with Crippen molar-refractivity contribution >= 4 is 11.9 Å². The Kier molecular flexibility index (Phi) is 2.48. The summed E-state index contributed by atoms with van der Waals surface area (Å²) in [6.07, 6.45) is 1.92. The van der Waals surface area contributed by atoms with Gasteiger partial charge in [0.2, 0.25) is 0 Å². The first kappa shape index (κ1) is 12.0. The topological polar surface area (TPSA) is 52.6 Å². The number of cyclic esters (lactones) is 1. The zero-order chi connectivity index (χ0) is 13.1. The van der Waals surface area contributed by atoms with Crippen molar-refractivity contribution in [2.75, 3.05) is 6.61 Å². The Bertz CT molecular complexity index is 405. The molecule has 3 rings (SSSR count). The molecule has 2 heterocycles. The average Bonchev–Trinajstić information content (AvgIpc) is 2.60. The van der Waals surface area contributed by atoms with Crippen molar-refractivity contribution in [2.24, 2.45) is 29.1 Å². The van der Waals surface area contributed by atoms with Crippen LogP contribution in [0.25, 0.3) is 0 Å². The standard InChI is InChI=1S/C14H20O4/c1-7-9-4-5-14(3)6-17-12(15)8(2)10(14)11(9)18-13(7)16/h7-11H,4-6H2,1-3H3. The van der Waals surface area contributed by atoms with E-state index in [4.69, 9.17) is 9.47 Å². The summed E-state index contributed by atoms with van der Waals surface area (Å²) < 4.78 is 10.9. The van der Waals surface area contributed by atoms with Gasteiger partial charge in [-0.25, -0.2) is 0 Å². The fourth-order valence-electron chi connectivity index (χ4n) is 4.17. The molecule has 0 bridgehead atoms. The van der Waals surface area contributed by atoms with E-state index in [9.17, 15) is 9.59 Å². The molecule has 0 N–H and O–H groups in total. The summed E-state index contributed by atoms with van der Waals surface area (Å²) in [4.78, 5) is 23.5. The number of hydrogen-bond donors (Lipinski definition) is 0. The molecule has 0 amide bonds. The maximum absolute atomic E-state index is 11.8. The number of esters is 2. The number of hydrogen-bond acceptors (Lipinski definition) is 4. The van der Waals surface area contributed by atoms with Gasteiger partial charge in [-0.3, -0.25) is 9.59 Å². The Morgan fingerprint density at radius 2 is 1.89 bits per heavy atom. The number of ether oxygens (including phenoxy) is 2. The predicted molar refractivity (Wildman–Crippen MR) is 63.5 cm³/mol. The molecule has 100 valence electrons. The molecule has 2 saturated heterocycles. The van der Waals surface area contributed by atoms with Gasteiger partial charge in [0.15, 0.2) is 0 Å². The van der Waals surface area contributed by atoms with Crippen molar-refractivity contribution in [3.05, 3.63) is 0 Å². The van der Waals surface area contributed by atoms with Crippen molar-refractivity contribution in [1.82, 2.24) is 0 Å². The van der Waals surface area contributed by atoms with Gasteiger partial charge in [0.25, 0.3) is 0 Å². The van der Waals surface area contributed by atoms with E-state index in [1.54, 1.807) is 0 Å². The van der Waals surface area contributed by atoms with E-state index >= 15 is 0 Å². The van der Waals surface area contributed by atoms with Crippen molar-refractivity contribution in [3.8, 4) is 0 Å². The lowest BCUT2D eigenvalue weighted by atomic mass is 9.57. The molecule has 0 aromatic carbocycles. The van der Waals surface area contributed by atoms with Crippen LogP contribution in [0, 0.1) is 29.1 Å². The van der Waals surface area contributed by atoms with E-state index in [0.717, 1.165) is 12.8 Å². The summed E-state index contributed by atoms with van der Waals surface area (Å²) >= 11 is 0. The molecule has 1 saturated carbocycles. The predicted octanol–water partition coefficient (Wildman–Crippen LogP) is 1.77. The second-order valence-corrected chi connectivity index (χ2v) is 6.47. The van der Waals surface area contributed by atoms with Gasteiger partial charge in [0, 0.05) is 17.3 Å². The normalized spacial score (nSPS) is 51.2. The van der Waals surface area contributed by atoms with E-state index in [2.05, 4.69) is 6.92 Å². The van der Waals surface area contributed by atoms with Gasteiger partial charge in [-0.15, -0.1) is 0 Å². The zero-order valence-corrected chi connectivity index (χ0v) is 11.1. The molecule has 1 aliphatic carbocycles. The minimum absolute atomic E-state index is 0.0234. The summed E-state index contributed by atoms with van der Waals surface area (Å²) in [6, 6.07) is 0. The lowest BCUT2D eigenvalue weighted by Crippen LogP contribution is -2.55. The summed E-state index contributed by atoms with van der Waals surface area (Å²) in [6.45, 7) is 6.48. The third kappa shape index (κ3) is 1.44. The third-order valence-corrected chi connectivity index (χ3v) is 5.35. The van der Waals surface area contributed by atoms with Crippen LogP contribution in [0.1, 0.15) is 33.6 Å². The van der Waals surface area contributed by atoms with Crippen LogP contribution in [0.3, 0.4) is 0 Å². The Labute approximate surface area is 107 Å². The lowest BCUT2D eigenvalue weighted by molar-refractivity contribution is -0.188. The maximum atomic E-state index is 11.8. The Morgan fingerprint density at radius 3 is 2.61 bits per heavy atom. The van der Waals surface area contributed by atoms with Crippen LogP contribution < -0.4 is 0 Å². The van der Waals surface area contributed by atoms with E-state index < -0.39 is 0 Å². The van der Waals surface area contributed by atoms with Crippen molar-refractivity contribution in [1.29, 1.82) is 0 Å². The molecule has 2 aliphatic heterocycles. The highest BCUT2D eigenvalue weighted by molar-refractivity contribution is 5.76. The van der Waals surface area contributed by atoms with E-state index in [1.807, 2.05) is 13.8 Å². The minimum atomic E-state index is -0.172. The van der Waals surface area contributed by atoms with Crippen LogP contribution in [0.5, 0.6) is 0 Å². The van der Waals surface area contributed by atoms with Gasteiger partial charge in [0.1, 0.15) is 6.10 Å². The number of carbonyl (C=O) groups excluding carboxylic acids is 2. The van der Waals surface area contributed by atoms with Crippen LogP contribution in [0.2, 0.25) is 0 Å². The second kappa shape index (κ2) is 3.72. The summed E-state index contributed by atoms with van der Waals surface area (Å²) in [5.74, 6) is -0.0382. The van der Waals surface area contributed by atoms with Crippen LogP contribution in [-0.2, 0) is 19.1 Å². The SMILES string of the molecule is CC1C(=O)OC2C1CCC1(C)COC(=O)C(C)C21. The Hall–Kier alpha value is -1.06. The van der Waals surface area contributed by atoms with E-state index in [0.29, 0.717) is 6.61 Å². The first-order chi connectivity index (χ1) is 8.44. The molecule has 0 aromatic heterocycles. The molecule has 3 aliphatic rings. The zero-order valence-electron chi connectivity index (χ0n) is 11.1. The van der Waals surface area contributed by atoms with Crippen LogP contribution in [0.15, 0.2) is 0 Å². The van der Waals surface area contributed by atoms with Gasteiger partial charge in [-0.2, -0.15) is 0 Å². The molecule has 0 aromatic rings. The maximum Gasteiger partial charge on any atom is 0.309 e. The van der Waals surface area contributed by atoms with Crippen molar-refractivity contribution in [3.63, 3.8) is 0 Å². The van der Waals surface area contributed by atoms with Crippen LogP contribution >= 0.6 is 0 Å². The Balaban J connectivity index is 1.96. The highest BCUT2D eigenvalue weighted by atomic mass is 16.6. The molecule has 0 spiro atoms. The van der Waals surface area contributed by atoms with Crippen molar-refractivity contribution < 1.29 is 19.1 Å². The fraction of sp³-hybridized carbons (Fsp3) is 0.857. The highest BCUT2D eigenvalue weighted by Crippen LogP contribution is 2.54. The first-order valence-corrected chi connectivity index (χ1v) is 6.81. The lowest BCUT2D eigenvalue weighted by Gasteiger charge is -2.50. The molecule has 6 unspecified atom stereocenters. The molecule has 18 heavy (non-hydrogen) atoms. The molecular weight excluding hydrogens is 232 g/mol. The minimum Gasteiger partial charge on any atom is -0.465 e. The largest absolute Gasteiger partial charge is 0.465 e. The number of rotatable bonds is 0. The molecule has 0 radical (unpaired) electrons. The van der Waals surface area contributed by atoms with Gasteiger partial charge >= 0.3 is 11.9 Å². The summed E-state index contributed by atoms with van der Waals surface area (Å²) in [7, 11) is 0. The molecule has 4 nitrogen and oxygen atoms in total. The fourth-order valence-corrected chi connectivity index (χ4v) is 4.17. The quantitative estimate of drug-likeness (QED) is 0.617. The first-order valence-electron chi connectivity index (χ1n) is 6.81. The smallest absolute Gasteiger partial charge is 0.309 e. The summed E-state index contributed by atoms with van der Waals surface area (Å²) in [5, 5.41) is 0. The van der Waals surface area contributed by atoms with E-state index in [1.165, 1.54) is 0 Å². The second-order valence-electron chi connectivity index (χ2n) is 6.47. The number of fused-ring (bicyclic) bond motifs is 3. The Morgan fingerprint density at radius 1 is 1.17 bits per heavy atom. The average molecular weight is 252 g/mol. The van der Waals surface area contributed by atoms with Gasteiger partial charge in [0.05, 0.1) is 18.4 Å². The van der Waals surface area contributed by atoms with Crippen LogP contribution in [-0.4, -0.2) is 24.6 Å². The highest BCUT2D eigenvalue weighted by Gasteiger charge is 2.59. The van der Waals surface area contributed by atoms with E-state index in [-0.39, 0.29) is 47.1 Å². The van der Waals surface area contributed by atoms with Crippen molar-refractivity contribution in [2.45, 2.75) is 39.7 Å². The molecule has 6 atom stereocenters. The van der Waals surface area contributed by atoms with Crippen LogP contribution in [0.4, 0.5) is 0 Å². The van der Waals surface area contributed by atoms with Gasteiger partial charge in [-0.05, 0) is 12.8 Å². The van der Waals surface area contributed by atoms with Gasteiger partial charge in [-0.1, -0.05) is 20.8 Å². The monoisotopic (exact) mass is 252 g/mol. The molecule has 3 fully saturated rings. The molecular formula is C14H20O4.